The molecule has 1 aromatic carbocycles. The number of rotatable bonds is 3. The Balaban J connectivity index is 2.07. The van der Waals surface area contributed by atoms with Crippen LogP contribution < -0.4 is 16.4 Å². The number of anilines is 1. The van der Waals surface area contributed by atoms with Crippen LogP contribution in [0, 0.1) is 0 Å². The van der Waals surface area contributed by atoms with Crippen molar-refractivity contribution < 1.29 is 9.59 Å². The smallest absolute Gasteiger partial charge is 0.257 e. The molecule has 2 rings (SSSR count). The third-order valence-electron chi connectivity index (χ3n) is 2.71. The number of hydrogen-bond donors (Lipinski definition) is 3. The van der Waals surface area contributed by atoms with Crippen LogP contribution >= 0.6 is 0 Å². The Labute approximate surface area is 99.4 Å². The lowest BCUT2D eigenvalue weighted by molar-refractivity contribution is -0.119. The third-order valence-corrected chi connectivity index (χ3v) is 2.71. The molecule has 0 atom stereocenters. The molecule has 1 aromatic rings. The number of fused-ring (bicyclic) bond motifs is 1. The van der Waals surface area contributed by atoms with Crippen molar-refractivity contribution in [3.63, 3.8) is 0 Å². The van der Waals surface area contributed by atoms with E-state index in [9.17, 15) is 9.59 Å². The van der Waals surface area contributed by atoms with E-state index in [2.05, 4.69) is 10.6 Å². The number of hydrogen-bond acceptors (Lipinski definition) is 4. The normalized spacial score (nSPS) is 12.8. The van der Waals surface area contributed by atoms with Gasteiger partial charge < -0.3 is 11.1 Å². The lowest BCUT2D eigenvalue weighted by atomic mass is 10.1. The van der Waals surface area contributed by atoms with Gasteiger partial charge in [-0.15, -0.1) is 0 Å². The van der Waals surface area contributed by atoms with Crippen LogP contribution in [0.4, 0.5) is 5.69 Å². The summed E-state index contributed by atoms with van der Waals surface area (Å²) >= 11 is 0. The van der Waals surface area contributed by atoms with Gasteiger partial charge in [0.2, 0.25) is 5.91 Å². The molecule has 0 aromatic heterocycles. The van der Waals surface area contributed by atoms with E-state index in [1.165, 1.54) is 5.56 Å². The Hall–Kier alpha value is -1.88. The van der Waals surface area contributed by atoms with Crippen molar-refractivity contribution >= 4 is 17.5 Å². The molecule has 0 saturated heterocycles. The van der Waals surface area contributed by atoms with Gasteiger partial charge >= 0.3 is 0 Å². The Kier molecular flexibility index (Phi) is 3.39. The molecule has 90 valence electrons. The van der Waals surface area contributed by atoms with Crippen LogP contribution in [0.15, 0.2) is 18.2 Å². The van der Waals surface area contributed by atoms with Crippen LogP contribution in [-0.4, -0.2) is 24.9 Å². The monoisotopic (exact) mass is 233 g/mol. The van der Waals surface area contributed by atoms with E-state index < -0.39 is 0 Å². The van der Waals surface area contributed by atoms with Crippen LogP contribution in [0.5, 0.6) is 0 Å². The van der Waals surface area contributed by atoms with Crippen LogP contribution in [0.1, 0.15) is 22.3 Å². The van der Waals surface area contributed by atoms with Crippen LogP contribution in [0.3, 0.4) is 0 Å². The summed E-state index contributed by atoms with van der Waals surface area (Å²) in [5.74, 6) is -0.717. The minimum Gasteiger partial charge on any atom is -0.384 e. The summed E-state index contributed by atoms with van der Waals surface area (Å²) in [7, 11) is 0. The number of carbonyl (C=O) groups excluding carboxylic acids is 2. The summed E-state index contributed by atoms with van der Waals surface area (Å²) < 4.78 is 0. The zero-order valence-corrected chi connectivity index (χ0v) is 9.45. The molecule has 0 spiro atoms. The van der Waals surface area contributed by atoms with E-state index in [4.69, 9.17) is 5.73 Å². The SMILES string of the molecule is NCCC(=O)NC(=O)c1ccc2c(c1)NCC2. The molecular formula is C12H15N3O2. The molecule has 0 saturated carbocycles. The third kappa shape index (κ3) is 2.62. The topological polar surface area (TPSA) is 84.2 Å². The van der Waals surface area contributed by atoms with Gasteiger partial charge in [0.15, 0.2) is 0 Å². The standard InChI is InChI=1S/C12H15N3O2/c13-5-3-11(16)15-12(17)9-2-1-8-4-6-14-10(8)7-9/h1-2,7,14H,3-6,13H2,(H,15,16,17). The molecule has 4 N–H and O–H groups in total. The molecule has 1 heterocycles. The lowest BCUT2D eigenvalue weighted by Crippen LogP contribution is -2.31. The quantitative estimate of drug-likeness (QED) is 0.699. The molecule has 0 fully saturated rings. The molecule has 1 aliphatic heterocycles. The zero-order valence-electron chi connectivity index (χ0n) is 9.45. The van der Waals surface area contributed by atoms with Gasteiger partial charge in [0.1, 0.15) is 0 Å². The van der Waals surface area contributed by atoms with E-state index in [0.717, 1.165) is 18.7 Å². The van der Waals surface area contributed by atoms with Crippen molar-refractivity contribution in [1.82, 2.24) is 5.32 Å². The number of imide groups is 1. The first kappa shape index (κ1) is 11.6. The summed E-state index contributed by atoms with van der Waals surface area (Å²) in [5, 5.41) is 5.49. The fraction of sp³-hybridized carbons (Fsp3) is 0.333. The molecular weight excluding hydrogens is 218 g/mol. The average molecular weight is 233 g/mol. The van der Waals surface area contributed by atoms with Crippen LogP contribution in [-0.2, 0) is 11.2 Å². The van der Waals surface area contributed by atoms with E-state index in [1.807, 2.05) is 6.07 Å². The van der Waals surface area contributed by atoms with Gasteiger partial charge in [-0.1, -0.05) is 6.07 Å². The number of carbonyl (C=O) groups is 2. The van der Waals surface area contributed by atoms with E-state index in [1.54, 1.807) is 12.1 Å². The highest BCUT2D eigenvalue weighted by Crippen LogP contribution is 2.23. The Morgan fingerprint density at radius 1 is 1.41 bits per heavy atom. The Bertz CT molecular complexity index is 457. The van der Waals surface area contributed by atoms with E-state index in [0.29, 0.717) is 5.56 Å². The minimum absolute atomic E-state index is 0.162. The molecule has 2 amide bonds. The first-order valence-corrected chi connectivity index (χ1v) is 5.62. The highest BCUT2D eigenvalue weighted by molar-refractivity contribution is 6.05. The molecule has 0 unspecified atom stereocenters. The van der Waals surface area contributed by atoms with Crippen molar-refractivity contribution in [2.45, 2.75) is 12.8 Å². The summed E-state index contributed by atoms with van der Waals surface area (Å²) in [6.45, 7) is 1.14. The van der Waals surface area contributed by atoms with Gasteiger partial charge in [-0.25, -0.2) is 0 Å². The lowest BCUT2D eigenvalue weighted by Gasteiger charge is -2.05. The Morgan fingerprint density at radius 3 is 3.00 bits per heavy atom. The summed E-state index contributed by atoms with van der Waals surface area (Å²) in [6.07, 6.45) is 1.14. The molecule has 5 heteroatoms. The highest BCUT2D eigenvalue weighted by atomic mass is 16.2. The number of nitrogens with one attached hydrogen (secondary N) is 2. The van der Waals surface area contributed by atoms with Crippen molar-refractivity contribution in [3.8, 4) is 0 Å². The van der Waals surface area contributed by atoms with Crippen molar-refractivity contribution in [2.75, 3.05) is 18.4 Å². The second-order valence-electron chi connectivity index (χ2n) is 3.96. The fourth-order valence-electron chi connectivity index (χ4n) is 1.82. The van der Waals surface area contributed by atoms with Gasteiger partial charge in [0.25, 0.3) is 5.91 Å². The van der Waals surface area contributed by atoms with Gasteiger partial charge in [0, 0.05) is 30.8 Å². The summed E-state index contributed by atoms with van der Waals surface area (Å²) in [5.41, 5.74) is 7.90. The maximum Gasteiger partial charge on any atom is 0.257 e. The predicted molar refractivity (Wildman–Crippen MR) is 64.8 cm³/mol. The molecule has 17 heavy (non-hydrogen) atoms. The largest absolute Gasteiger partial charge is 0.384 e. The zero-order chi connectivity index (χ0) is 12.3. The van der Waals surface area contributed by atoms with E-state index in [-0.39, 0.29) is 24.8 Å². The van der Waals surface area contributed by atoms with Gasteiger partial charge in [0.05, 0.1) is 0 Å². The summed E-state index contributed by atoms with van der Waals surface area (Å²) in [6, 6.07) is 5.42. The Morgan fingerprint density at radius 2 is 2.24 bits per heavy atom. The number of amides is 2. The number of nitrogens with two attached hydrogens (primary N) is 1. The van der Waals surface area contributed by atoms with Gasteiger partial charge in [-0.3, -0.25) is 14.9 Å². The summed E-state index contributed by atoms with van der Waals surface area (Å²) in [4.78, 5) is 23.0. The second kappa shape index (κ2) is 4.97. The molecule has 5 nitrogen and oxygen atoms in total. The first-order valence-electron chi connectivity index (χ1n) is 5.62. The fourth-order valence-corrected chi connectivity index (χ4v) is 1.82. The van der Waals surface area contributed by atoms with Crippen LogP contribution in [0.25, 0.3) is 0 Å². The predicted octanol–water partition coefficient (Wildman–Crippen LogP) is 0.260. The second-order valence-corrected chi connectivity index (χ2v) is 3.96. The maximum atomic E-state index is 11.7. The maximum absolute atomic E-state index is 11.7. The van der Waals surface area contributed by atoms with Gasteiger partial charge in [-0.05, 0) is 24.1 Å². The molecule has 0 aliphatic carbocycles. The van der Waals surface area contributed by atoms with Crippen molar-refractivity contribution in [2.24, 2.45) is 5.73 Å². The van der Waals surface area contributed by atoms with E-state index >= 15 is 0 Å². The van der Waals surface area contributed by atoms with Crippen molar-refractivity contribution in [3.05, 3.63) is 29.3 Å². The first-order chi connectivity index (χ1) is 8.20. The molecule has 0 bridgehead atoms. The van der Waals surface area contributed by atoms with Crippen LogP contribution in [0.2, 0.25) is 0 Å². The number of benzene rings is 1. The average Bonchev–Trinajstić information content (AvgIpc) is 2.75. The molecule has 1 aliphatic rings. The van der Waals surface area contributed by atoms with Gasteiger partial charge in [-0.2, -0.15) is 0 Å². The molecule has 0 radical (unpaired) electrons. The minimum atomic E-state index is -0.375. The van der Waals surface area contributed by atoms with Crippen molar-refractivity contribution in [1.29, 1.82) is 0 Å². The highest BCUT2D eigenvalue weighted by Gasteiger charge is 2.14.